The van der Waals surface area contributed by atoms with Crippen molar-refractivity contribution in [1.82, 2.24) is 9.88 Å². The fourth-order valence-electron chi connectivity index (χ4n) is 2.95. The SMILES string of the molecule is CCN(CC)CCN(C(=O)c1ccc([N+](=O)[O-])cc1)c1nc2ccc(Cl)cc2s1.Cl. The number of fused-ring (bicyclic) bond motifs is 1. The van der Waals surface area contributed by atoms with Crippen LogP contribution in [-0.2, 0) is 0 Å². The van der Waals surface area contributed by atoms with Crippen molar-refractivity contribution in [2.24, 2.45) is 0 Å². The van der Waals surface area contributed by atoms with Crippen LogP contribution in [0.25, 0.3) is 10.2 Å². The van der Waals surface area contributed by atoms with Crippen molar-refractivity contribution in [1.29, 1.82) is 0 Å². The van der Waals surface area contributed by atoms with Gasteiger partial charge in [-0.2, -0.15) is 0 Å². The Morgan fingerprint density at radius 2 is 1.80 bits per heavy atom. The summed E-state index contributed by atoms with van der Waals surface area (Å²) >= 11 is 7.48. The molecule has 3 rings (SSSR count). The van der Waals surface area contributed by atoms with Gasteiger partial charge in [-0.05, 0) is 43.4 Å². The van der Waals surface area contributed by atoms with E-state index in [1.807, 2.05) is 12.1 Å². The number of thiazole rings is 1. The van der Waals surface area contributed by atoms with Crippen LogP contribution in [0.15, 0.2) is 42.5 Å². The maximum absolute atomic E-state index is 13.2. The lowest BCUT2D eigenvalue weighted by atomic mass is 10.2. The molecule has 0 aliphatic carbocycles. The Bertz CT molecular complexity index is 1020. The van der Waals surface area contributed by atoms with Crippen molar-refractivity contribution < 1.29 is 9.72 Å². The summed E-state index contributed by atoms with van der Waals surface area (Å²) in [5.41, 5.74) is 1.11. The number of non-ortho nitro benzene ring substituents is 1. The first-order valence-electron chi connectivity index (χ1n) is 9.27. The molecule has 0 saturated heterocycles. The maximum Gasteiger partial charge on any atom is 0.269 e. The van der Waals surface area contributed by atoms with Gasteiger partial charge in [-0.1, -0.05) is 36.8 Å². The van der Waals surface area contributed by atoms with E-state index >= 15 is 0 Å². The average Bonchev–Trinajstić information content (AvgIpc) is 3.13. The molecule has 1 aromatic heterocycles. The molecule has 0 fully saturated rings. The van der Waals surface area contributed by atoms with Crippen molar-refractivity contribution >= 4 is 62.3 Å². The van der Waals surface area contributed by atoms with Crippen LogP contribution in [0, 0.1) is 10.1 Å². The van der Waals surface area contributed by atoms with Gasteiger partial charge < -0.3 is 4.90 Å². The highest BCUT2D eigenvalue weighted by molar-refractivity contribution is 7.22. The van der Waals surface area contributed by atoms with E-state index in [9.17, 15) is 14.9 Å². The highest BCUT2D eigenvalue weighted by atomic mass is 35.5. The Kier molecular flexibility index (Phi) is 8.54. The van der Waals surface area contributed by atoms with Crippen molar-refractivity contribution in [3.63, 3.8) is 0 Å². The largest absolute Gasteiger partial charge is 0.302 e. The molecule has 1 amide bonds. The summed E-state index contributed by atoms with van der Waals surface area (Å²) < 4.78 is 0.900. The molecule has 30 heavy (non-hydrogen) atoms. The third kappa shape index (κ3) is 5.46. The lowest BCUT2D eigenvalue weighted by Gasteiger charge is -2.24. The van der Waals surface area contributed by atoms with Crippen LogP contribution in [0.3, 0.4) is 0 Å². The lowest BCUT2D eigenvalue weighted by Crippen LogP contribution is -2.38. The van der Waals surface area contributed by atoms with Gasteiger partial charge in [0.05, 0.1) is 15.1 Å². The minimum atomic E-state index is -0.482. The number of amides is 1. The summed E-state index contributed by atoms with van der Waals surface area (Å²) in [5, 5.41) is 12.1. The Hall–Kier alpha value is -2.26. The minimum Gasteiger partial charge on any atom is -0.302 e. The first-order chi connectivity index (χ1) is 13.9. The van der Waals surface area contributed by atoms with E-state index in [4.69, 9.17) is 11.6 Å². The Morgan fingerprint density at radius 1 is 1.13 bits per heavy atom. The third-order valence-corrected chi connectivity index (χ3v) is 5.95. The van der Waals surface area contributed by atoms with Crippen LogP contribution in [0.1, 0.15) is 24.2 Å². The van der Waals surface area contributed by atoms with Crippen LogP contribution in [0.4, 0.5) is 10.8 Å². The van der Waals surface area contributed by atoms with E-state index in [2.05, 4.69) is 23.7 Å². The smallest absolute Gasteiger partial charge is 0.269 e. The highest BCUT2D eigenvalue weighted by Gasteiger charge is 2.22. The van der Waals surface area contributed by atoms with Gasteiger partial charge in [-0.15, -0.1) is 12.4 Å². The zero-order valence-electron chi connectivity index (χ0n) is 16.6. The molecular weight excluding hydrogens is 447 g/mol. The molecule has 0 bridgehead atoms. The van der Waals surface area contributed by atoms with Gasteiger partial charge in [0.1, 0.15) is 0 Å². The first-order valence-corrected chi connectivity index (χ1v) is 10.5. The van der Waals surface area contributed by atoms with Gasteiger partial charge >= 0.3 is 0 Å². The topological polar surface area (TPSA) is 79.6 Å². The number of hydrogen-bond acceptors (Lipinski definition) is 6. The van der Waals surface area contributed by atoms with Gasteiger partial charge in [0.2, 0.25) is 0 Å². The first kappa shape index (κ1) is 24.0. The van der Waals surface area contributed by atoms with E-state index in [-0.39, 0.29) is 24.0 Å². The van der Waals surface area contributed by atoms with Crippen LogP contribution in [0.2, 0.25) is 5.02 Å². The normalized spacial score (nSPS) is 10.8. The number of nitro groups is 1. The zero-order chi connectivity index (χ0) is 21.0. The van der Waals surface area contributed by atoms with Crippen molar-refractivity contribution in [3.05, 3.63) is 63.2 Å². The summed E-state index contributed by atoms with van der Waals surface area (Å²) in [5.74, 6) is -0.239. The molecule has 160 valence electrons. The van der Waals surface area contributed by atoms with Crippen molar-refractivity contribution in [2.75, 3.05) is 31.1 Å². The second-order valence-electron chi connectivity index (χ2n) is 6.40. The number of halogens is 2. The quantitative estimate of drug-likeness (QED) is 0.332. The number of benzene rings is 2. The predicted molar refractivity (Wildman–Crippen MR) is 124 cm³/mol. The van der Waals surface area contributed by atoms with Crippen molar-refractivity contribution in [3.8, 4) is 0 Å². The highest BCUT2D eigenvalue weighted by Crippen LogP contribution is 2.31. The molecule has 0 spiro atoms. The maximum atomic E-state index is 13.2. The molecule has 1 heterocycles. The predicted octanol–water partition coefficient (Wildman–Crippen LogP) is 5.27. The monoisotopic (exact) mass is 468 g/mol. The number of nitro benzene ring substituents is 1. The molecule has 0 radical (unpaired) electrons. The molecule has 0 N–H and O–H groups in total. The summed E-state index contributed by atoms with van der Waals surface area (Å²) in [6.07, 6.45) is 0. The number of rotatable bonds is 8. The summed E-state index contributed by atoms with van der Waals surface area (Å²) in [4.78, 5) is 32.1. The van der Waals surface area contributed by atoms with E-state index < -0.39 is 4.92 Å². The standard InChI is InChI=1S/C20H21ClN4O3S.ClH/c1-3-23(4-2)11-12-24(19(26)14-5-8-16(9-6-14)25(27)28)20-22-17-10-7-15(21)13-18(17)29-20;/h5-10,13H,3-4,11-12H2,1-2H3;1H. The van der Waals surface area contributed by atoms with Crippen molar-refractivity contribution in [2.45, 2.75) is 13.8 Å². The number of nitrogens with zero attached hydrogens (tertiary/aromatic N) is 4. The van der Waals surface area contributed by atoms with Gasteiger partial charge in [-0.25, -0.2) is 4.98 Å². The second-order valence-corrected chi connectivity index (χ2v) is 7.84. The summed E-state index contributed by atoms with van der Waals surface area (Å²) in [6, 6.07) is 11.1. The summed E-state index contributed by atoms with van der Waals surface area (Å²) in [6.45, 7) is 7.07. The molecular formula is C20H22Cl2N4O3S. The minimum absolute atomic E-state index is 0. The fourth-order valence-corrected chi connectivity index (χ4v) is 4.21. The van der Waals surface area contributed by atoms with Gasteiger partial charge in [0, 0.05) is 35.8 Å². The molecule has 0 aliphatic rings. The average molecular weight is 469 g/mol. The van der Waals surface area contributed by atoms with Gasteiger partial charge in [0.15, 0.2) is 5.13 Å². The fraction of sp³-hybridized carbons (Fsp3) is 0.300. The van der Waals surface area contributed by atoms with Crippen LogP contribution >= 0.6 is 35.3 Å². The molecule has 3 aromatic rings. The number of aromatic nitrogens is 1. The molecule has 0 unspecified atom stereocenters. The molecule has 7 nitrogen and oxygen atoms in total. The molecule has 0 atom stereocenters. The van der Waals surface area contributed by atoms with Gasteiger partial charge in [-0.3, -0.25) is 19.8 Å². The molecule has 10 heteroatoms. The van der Waals surface area contributed by atoms with Crippen LogP contribution in [0.5, 0.6) is 0 Å². The Balaban J connectivity index is 0.00000320. The Morgan fingerprint density at radius 3 is 2.40 bits per heavy atom. The number of hydrogen-bond donors (Lipinski definition) is 0. The van der Waals surface area contributed by atoms with E-state index in [0.29, 0.717) is 28.8 Å². The third-order valence-electron chi connectivity index (χ3n) is 4.67. The number of carbonyl (C=O) groups excluding carboxylic acids is 1. The van der Waals surface area contributed by atoms with Gasteiger partial charge in [0.25, 0.3) is 11.6 Å². The number of anilines is 1. The lowest BCUT2D eigenvalue weighted by molar-refractivity contribution is -0.384. The molecule has 2 aromatic carbocycles. The number of likely N-dealkylation sites (N-methyl/N-ethyl adjacent to an activating group) is 1. The van der Waals surface area contributed by atoms with E-state index in [0.717, 1.165) is 23.3 Å². The summed E-state index contributed by atoms with van der Waals surface area (Å²) in [7, 11) is 0. The second kappa shape index (κ2) is 10.7. The number of carbonyl (C=O) groups is 1. The van der Waals surface area contributed by atoms with E-state index in [1.165, 1.54) is 35.6 Å². The van der Waals surface area contributed by atoms with E-state index in [1.54, 1.807) is 11.0 Å². The van der Waals surface area contributed by atoms with Crippen LogP contribution in [-0.4, -0.2) is 46.9 Å². The van der Waals surface area contributed by atoms with Crippen LogP contribution < -0.4 is 4.90 Å². The zero-order valence-corrected chi connectivity index (χ0v) is 19.0. The molecule has 0 saturated carbocycles. The molecule has 0 aliphatic heterocycles. The Labute approximate surface area is 189 Å².